The summed E-state index contributed by atoms with van der Waals surface area (Å²) in [6.45, 7) is 1.50. The molecule has 0 saturated carbocycles. The number of pyridine rings is 2. The van der Waals surface area contributed by atoms with Crippen LogP contribution < -0.4 is 10.1 Å². The van der Waals surface area contributed by atoms with E-state index in [2.05, 4.69) is 21.4 Å². The van der Waals surface area contributed by atoms with Gasteiger partial charge in [0.1, 0.15) is 5.82 Å². The second-order valence-corrected chi connectivity index (χ2v) is 5.90. The molecular weight excluding hydrogens is 304 g/mol. The maximum atomic E-state index is 12.7. The fourth-order valence-corrected chi connectivity index (χ4v) is 3.08. The molecule has 0 spiro atoms. The summed E-state index contributed by atoms with van der Waals surface area (Å²) < 4.78 is 5.04. The highest BCUT2D eigenvalue weighted by Crippen LogP contribution is 2.28. The number of rotatable bonds is 4. The van der Waals surface area contributed by atoms with Gasteiger partial charge in [0, 0.05) is 44.5 Å². The molecule has 2 aromatic rings. The number of nitrogens with zero attached hydrogens (tertiary/aromatic N) is 3. The zero-order chi connectivity index (χ0) is 16.9. The number of ether oxygens (including phenoxy) is 1. The highest BCUT2D eigenvalue weighted by atomic mass is 16.5. The summed E-state index contributed by atoms with van der Waals surface area (Å²) in [6, 6.07) is 7.59. The van der Waals surface area contributed by atoms with Gasteiger partial charge in [-0.05, 0) is 36.6 Å². The Balaban J connectivity index is 1.73. The number of nitrogens with one attached hydrogen (secondary N) is 1. The van der Waals surface area contributed by atoms with Crippen LogP contribution in [-0.2, 0) is 0 Å². The van der Waals surface area contributed by atoms with E-state index in [1.807, 2.05) is 24.2 Å². The summed E-state index contributed by atoms with van der Waals surface area (Å²) >= 11 is 0. The second-order valence-electron chi connectivity index (χ2n) is 5.90. The van der Waals surface area contributed by atoms with E-state index in [0.29, 0.717) is 17.4 Å². The van der Waals surface area contributed by atoms with E-state index in [-0.39, 0.29) is 5.91 Å². The molecule has 24 heavy (non-hydrogen) atoms. The SMILES string of the molecule is CNc1cc([C@@H]2CCCN(C(=O)c3ccc(OC)nc3)C2)ccn1. The first-order valence-corrected chi connectivity index (χ1v) is 8.14. The van der Waals surface area contributed by atoms with Gasteiger partial charge in [-0.2, -0.15) is 0 Å². The first-order chi connectivity index (χ1) is 11.7. The van der Waals surface area contributed by atoms with Gasteiger partial charge in [-0.15, -0.1) is 0 Å². The lowest BCUT2D eigenvalue weighted by Crippen LogP contribution is -2.39. The number of piperidine rings is 1. The molecule has 6 nitrogen and oxygen atoms in total. The maximum Gasteiger partial charge on any atom is 0.255 e. The molecule has 3 rings (SSSR count). The third kappa shape index (κ3) is 3.48. The van der Waals surface area contributed by atoms with Gasteiger partial charge in [0.2, 0.25) is 5.88 Å². The molecule has 0 unspecified atom stereocenters. The Labute approximate surface area is 141 Å². The van der Waals surface area contributed by atoms with Gasteiger partial charge in [-0.3, -0.25) is 4.79 Å². The monoisotopic (exact) mass is 326 g/mol. The molecule has 1 saturated heterocycles. The fourth-order valence-electron chi connectivity index (χ4n) is 3.08. The molecule has 1 atom stereocenters. The Kier molecular flexibility index (Phi) is 4.93. The molecule has 1 amide bonds. The summed E-state index contributed by atoms with van der Waals surface area (Å²) in [5.41, 5.74) is 1.82. The van der Waals surface area contributed by atoms with Crippen molar-refractivity contribution in [3.8, 4) is 5.88 Å². The van der Waals surface area contributed by atoms with Crippen LogP contribution in [0.1, 0.15) is 34.7 Å². The summed E-state index contributed by atoms with van der Waals surface area (Å²) in [5, 5.41) is 3.07. The molecule has 0 aromatic carbocycles. The predicted molar refractivity (Wildman–Crippen MR) is 92.5 cm³/mol. The minimum Gasteiger partial charge on any atom is -0.481 e. The average Bonchev–Trinajstić information content (AvgIpc) is 2.67. The summed E-state index contributed by atoms with van der Waals surface area (Å²) in [4.78, 5) is 23.0. The topological polar surface area (TPSA) is 67.4 Å². The minimum absolute atomic E-state index is 0.0257. The standard InChI is InChI=1S/C18H22N4O2/c1-19-16-10-13(7-8-20-16)15-4-3-9-22(12-15)18(23)14-5-6-17(24-2)21-11-14/h5-8,10-11,15H,3-4,9,12H2,1-2H3,(H,19,20)/t15-/m1/s1. The molecule has 1 aliphatic rings. The van der Waals surface area contributed by atoms with Gasteiger partial charge in [0.15, 0.2) is 0 Å². The third-order valence-electron chi connectivity index (χ3n) is 4.41. The number of anilines is 1. The normalized spacial score (nSPS) is 17.4. The van der Waals surface area contributed by atoms with Crippen molar-refractivity contribution in [3.63, 3.8) is 0 Å². The summed E-state index contributed by atoms with van der Waals surface area (Å²) in [6.07, 6.45) is 5.47. The van der Waals surface area contributed by atoms with E-state index in [4.69, 9.17) is 4.74 Å². The average molecular weight is 326 g/mol. The Morgan fingerprint density at radius 2 is 2.21 bits per heavy atom. The number of likely N-dealkylation sites (tertiary alicyclic amines) is 1. The van der Waals surface area contributed by atoms with E-state index >= 15 is 0 Å². The van der Waals surface area contributed by atoms with Crippen molar-refractivity contribution in [2.75, 3.05) is 32.6 Å². The van der Waals surface area contributed by atoms with Gasteiger partial charge >= 0.3 is 0 Å². The molecule has 6 heteroatoms. The zero-order valence-electron chi connectivity index (χ0n) is 14.0. The first kappa shape index (κ1) is 16.2. The molecule has 1 N–H and O–H groups in total. The number of hydrogen-bond donors (Lipinski definition) is 1. The van der Waals surface area contributed by atoms with E-state index in [9.17, 15) is 4.79 Å². The van der Waals surface area contributed by atoms with E-state index < -0.39 is 0 Å². The third-order valence-corrected chi connectivity index (χ3v) is 4.41. The van der Waals surface area contributed by atoms with Crippen molar-refractivity contribution in [1.82, 2.24) is 14.9 Å². The first-order valence-electron chi connectivity index (χ1n) is 8.14. The molecule has 0 aliphatic carbocycles. The van der Waals surface area contributed by atoms with Crippen molar-refractivity contribution in [3.05, 3.63) is 47.8 Å². The smallest absolute Gasteiger partial charge is 0.255 e. The second kappa shape index (κ2) is 7.29. The Morgan fingerprint density at radius 1 is 1.33 bits per heavy atom. The van der Waals surface area contributed by atoms with Crippen LogP contribution in [0.25, 0.3) is 0 Å². The lowest BCUT2D eigenvalue weighted by Gasteiger charge is -2.33. The quantitative estimate of drug-likeness (QED) is 0.935. The van der Waals surface area contributed by atoms with Crippen LogP contribution in [0.2, 0.25) is 0 Å². The van der Waals surface area contributed by atoms with Crippen LogP contribution in [0.3, 0.4) is 0 Å². The maximum absolute atomic E-state index is 12.7. The molecule has 2 aromatic heterocycles. The van der Waals surface area contributed by atoms with Gasteiger partial charge in [-0.1, -0.05) is 0 Å². The van der Waals surface area contributed by atoms with Crippen molar-refractivity contribution >= 4 is 11.7 Å². The van der Waals surface area contributed by atoms with E-state index in [1.54, 1.807) is 25.4 Å². The van der Waals surface area contributed by atoms with Crippen LogP contribution in [0.4, 0.5) is 5.82 Å². The van der Waals surface area contributed by atoms with Crippen molar-refractivity contribution in [2.45, 2.75) is 18.8 Å². The van der Waals surface area contributed by atoms with Crippen LogP contribution >= 0.6 is 0 Å². The van der Waals surface area contributed by atoms with Crippen molar-refractivity contribution in [2.24, 2.45) is 0 Å². The Hall–Kier alpha value is -2.63. The van der Waals surface area contributed by atoms with E-state index in [0.717, 1.165) is 31.7 Å². The Bertz CT molecular complexity index is 702. The van der Waals surface area contributed by atoms with Gasteiger partial charge in [0.25, 0.3) is 5.91 Å². The van der Waals surface area contributed by atoms with Crippen LogP contribution in [0.5, 0.6) is 5.88 Å². The number of hydrogen-bond acceptors (Lipinski definition) is 5. The lowest BCUT2D eigenvalue weighted by molar-refractivity contribution is 0.0706. The minimum atomic E-state index is 0.0257. The summed E-state index contributed by atoms with van der Waals surface area (Å²) in [7, 11) is 3.42. The zero-order valence-corrected chi connectivity index (χ0v) is 14.0. The fraction of sp³-hybridized carbons (Fsp3) is 0.389. The Morgan fingerprint density at radius 3 is 2.92 bits per heavy atom. The van der Waals surface area contributed by atoms with Gasteiger partial charge in [-0.25, -0.2) is 9.97 Å². The molecule has 1 fully saturated rings. The van der Waals surface area contributed by atoms with Crippen molar-refractivity contribution < 1.29 is 9.53 Å². The highest BCUT2D eigenvalue weighted by Gasteiger charge is 2.26. The molecular formula is C18H22N4O2. The summed E-state index contributed by atoms with van der Waals surface area (Å²) in [5.74, 6) is 1.73. The number of amides is 1. The molecule has 1 aliphatic heterocycles. The molecule has 126 valence electrons. The number of methoxy groups -OCH3 is 1. The largest absolute Gasteiger partial charge is 0.481 e. The lowest BCUT2D eigenvalue weighted by atomic mass is 9.91. The van der Waals surface area contributed by atoms with Crippen molar-refractivity contribution in [1.29, 1.82) is 0 Å². The number of carbonyl (C=O) groups is 1. The molecule has 3 heterocycles. The molecule has 0 bridgehead atoms. The number of aromatic nitrogens is 2. The highest BCUT2D eigenvalue weighted by molar-refractivity contribution is 5.94. The van der Waals surface area contributed by atoms with Gasteiger partial charge < -0.3 is 15.0 Å². The van der Waals surface area contributed by atoms with Crippen LogP contribution in [-0.4, -0.2) is 48.0 Å². The predicted octanol–water partition coefficient (Wildman–Crippen LogP) is 2.55. The van der Waals surface area contributed by atoms with Crippen LogP contribution in [0.15, 0.2) is 36.7 Å². The van der Waals surface area contributed by atoms with E-state index in [1.165, 1.54) is 5.56 Å². The molecule has 0 radical (unpaired) electrons. The van der Waals surface area contributed by atoms with Gasteiger partial charge in [0.05, 0.1) is 12.7 Å². The van der Waals surface area contributed by atoms with Crippen LogP contribution in [0, 0.1) is 0 Å². The number of carbonyl (C=O) groups excluding carboxylic acids is 1.